The predicted molar refractivity (Wildman–Crippen MR) is 182 cm³/mol. The lowest BCUT2D eigenvalue weighted by Crippen LogP contribution is -2.04. The first kappa shape index (κ1) is 24.6. The maximum atomic E-state index is 5.19. The average Bonchev–Trinajstić information content (AvgIpc) is 3.65. The van der Waals surface area contributed by atoms with Crippen molar-refractivity contribution in [3.8, 4) is 34.2 Å². The fourth-order valence-corrected chi connectivity index (χ4v) is 6.42. The van der Waals surface area contributed by atoms with E-state index in [2.05, 4.69) is 155 Å². The summed E-state index contributed by atoms with van der Waals surface area (Å²) in [7, 11) is 0. The molecular weight excluding hydrogens is 536 g/mol. The molecule has 3 heterocycles. The summed E-state index contributed by atoms with van der Waals surface area (Å²) in [6.07, 6.45) is 2.15. The number of nitrogens with zero attached hydrogens (tertiary/aromatic N) is 4. The monoisotopic (exact) mass is 562 g/mol. The molecule has 0 radical (unpaired) electrons. The lowest BCUT2D eigenvalue weighted by atomic mass is 10.0. The Labute approximate surface area is 254 Å². The highest BCUT2D eigenvalue weighted by Gasteiger charge is 2.18. The topological polar surface area (TPSA) is 35.6 Å². The van der Waals surface area contributed by atoms with Crippen LogP contribution in [0.2, 0.25) is 0 Å². The molecule has 0 atom stereocenters. The van der Waals surface area contributed by atoms with Crippen molar-refractivity contribution < 1.29 is 0 Å². The third-order valence-corrected chi connectivity index (χ3v) is 8.53. The Hall–Kier alpha value is -6.00. The molecule has 0 saturated heterocycles. The van der Waals surface area contributed by atoms with Gasteiger partial charge in [0, 0.05) is 39.2 Å². The Morgan fingerprint density at radius 2 is 1.00 bits per heavy atom. The van der Waals surface area contributed by atoms with Crippen LogP contribution >= 0.6 is 0 Å². The molecular formula is C40H26N4. The molecule has 0 fully saturated rings. The second-order valence-electron chi connectivity index (χ2n) is 11.2. The molecule has 4 nitrogen and oxygen atoms in total. The lowest BCUT2D eigenvalue weighted by molar-refractivity contribution is 0.996. The Balaban J connectivity index is 1.32. The van der Waals surface area contributed by atoms with Crippen LogP contribution in [0.5, 0.6) is 0 Å². The van der Waals surface area contributed by atoms with Gasteiger partial charge in [-0.2, -0.15) is 0 Å². The minimum Gasteiger partial charge on any atom is -0.317 e. The first-order valence-corrected chi connectivity index (χ1v) is 14.8. The summed E-state index contributed by atoms with van der Waals surface area (Å²) in [5, 5.41) is 5.95. The summed E-state index contributed by atoms with van der Waals surface area (Å²) in [4.78, 5) is 10.4. The summed E-state index contributed by atoms with van der Waals surface area (Å²) < 4.78 is 4.48. The van der Waals surface area contributed by atoms with Crippen molar-refractivity contribution >= 4 is 43.5 Å². The SMILES string of the molecule is c1ccc(-c2cc(-c3ccccc3)nc(-n3c4ccccc4c4cc5cc6c(ccn6-c6ccccc6)cc5cc43)n2)cc1. The van der Waals surface area contributed by atoms with Crippen molar-refractivity contribution in [3.05, 3.63) is 158 Å². The number of hydrogen-bond acceptors (Lipinski definition) is 2. The van der Waals surface area contributed by atoms with E-state index in [1.54, 1.807) is 0 Å². The van der Waals surface area contributed by atoms with Gasteiger partial charge in [-0.05, 0) is 65.4 Å². The predicted octanol–water partition coefficient (Wildman–Crippen LogP) is 10.0. The maximum Gasteiger partial charge on any atom is 0.235 e. The van der Waals surface area contributed by atoms with Crippen LogP contribution in [0.25, 0.3) is 77.6 Å². The van der Waals surface area contributed by atoms with E-state index in [0.717, 1.165) is 39.2 Å². The van der Waals surface area contributed by atoms with Gasteiger partial charge < -0.3 is 4.57 Å². The number of aromatic nitrogens is 4. The van der Waals surface area contributed by atoms with Crippen LogP contribution in [0.1, 0.15) is 0 Å². The van der Waals surface area contributed by atoms with E-state index in [4.69, 9.17) is 9.97 Å². The molecule has 0 saturated carbocycles. The first-order valence-electron chi connectivity index (χ1n) is 14.8. The zero-order valence-corrected chi connectivity index (χ0v) is 23.8. The Bertz CT molecular complexity index is 2420. The van der Waals surface area contributed by atoms with Crippen LogP contribution < -0.4 is 0 Å². The Morgan fingerprint density at radius 3 is 1.70 bits per heavy atom. The van der Waals surface area contributed by atoms with Crippen LogP contribution in [-0.2, 0) is 0 Å². The zero-order valence-electron chi connectivity index (χ0n) is 23.8. The molecule has 9 aromatic rings. The number of hydrogen-bond donors (Lipinski definition) is 0. The Kier molecular flexibility index (Phi) is 5.47. The van der Waals surface area contributed by atoms with Crippen molar-refractivity contribution in [2.75, 3.05) is 0 Å². The van der Waals surface area contributed by atoms with Crippen LogP contribution in [-0.4, -0.2) is 19.1 Å². The largest absolute Gasteiger partial charge is 0.317 e. The average molecular weight is 563 g/mol. The molecule has 4 heteroatoms. The molecule has 0 N–H and O–H groups in total. The van der Waals surface area contributed by atoms with Crippen molar-refractivity contribution in [3.63, 3.8) is 0 Å². The van der Waals surface area contributed by atoms with Gasteiger partial charge in [0.05, 0.1) is 27.9 Å². The lowest BCUT2D eigenvalue weighted by Gasteiger charge is -2.12. The molecule has 0 aliphatic rings. The second kappa shape index (κ2) is 9.79. The van der Waals surface area contributed by atoms with Gasteiger partial charge in [-0.3, -0.25) is 4.57 Å². The number of rotatable bonds is 4. The van der Waals surface area contributed by atoms with Gasteiger partial charge in [0.15, 0.2) is 0 Å². The van der Waals surface area contributed by atoms with E-state index < -0.39 is 0 Å². The molecule has 0 amide bonds. The van der Waals surface area contributed by atoms with Gasteiger partial charge in [0.2, 0.25) is 5.95 Å². The highest BCUT2D eigenvalue weighted by molar-refractivity contribution is 6.14. The third kappa shape index (κ3) is 3.92. The summed E-state index contributed by atoms with van der Waals surface area (Å²) >= 11 is 0. The molecule has 206 valence electrons. The van der Waals surface area contributed by atoms with Gasteiger partial charge in [-0.15, -0.1) is 0 Å². The fourth-order valence-electron chi connectivity index (χ4n) is 6.42. The second-order valence-corrected chi connectivity index (χ2v) is 11.2. The van der Waals surface area contributed by atoms with Crippen LogP contribution in [0.4, 0.5) is 0 Å². The van der Waals surface area contributed by atoms with E-state index >= 15 is 0 Å². The molecule has 44 heavy (non-hydrogen) atoms. The molecule has 6 aromatic carbocycles. The van der Waals surface area contributed by atoms with Crippen LogP contribution in [0, 0.1) is 0 Å². The third-order valence-electron chi connectivity index (χ3n) is 8.53. The normalized spacial score (nSPS) is 11.6. The van der Waals surface area contributed by atoms with Gasteiger partial charge >= 0.3 is 0 Å². The van der Waals surface area contributed by atoms with E-state index in [0.29, 0.717) is 5.95 Å². The Morgan fingerprint density at radius 1 is 0.409 bits per heavy atom. The summed E-state index contributed by atoms with van der Waals surface area (Å²) in [5.74, 6) is 0.659. The highest BCUT2D eigenvalue weighted by atomic mass is 15.2. The number of para-hydroxylation sites is 2. The van der Waals surface area contributed by atoms with E-state index in [9.17, 15) is 0 Å². The molecule has 0 bridgehead atoms. The molecule has 9 rings (SSSR count). The van der Waals surface area contributed by atoms with Gasteiger partial charge in [-0.1, -0.05) is 97.1 Å². The molecule has 0 unspecified atom stereocenters. The smallest absolute Gasteiger partial charge is 0.235 e. The van der Waals surface area contributed by atoms with Gasteiger partial charge in [0.1, 0.15) is 0 Å². The number of fused-ring (bicyclic) bond motifs is 5. The standard InChI is InChI=1S/C40H26N4/c1-4-12-27(13-5-1)35-26-36(28-14-6-2-7-15-28)42-40(41-35)44-37-19-11-10-18-33(37)34-23-31-24-38-29(22-30(31)25-39(34)44)20-21-43(38)32-16-8-3-9-17-32/h1-26H. The molecule has 0 aliphatic carbocycles. The summed E-state index contributed by atoms with van der Waals surface area (Å²) in [6.45, 7) is 0. The number of benzene rings is 6. The van der Waals surface area contributed by atoms with Crippen molar-refractivity contribution in [1.29, 1.82) is 0 Å². The van der Waals surface area contributed by atoms with Gasteiger partial charge in [-0.25, -0.2) is 9.97 Å². The van der Waals surface area contributed by atoms with Crippen molar-refractivity contribution in [2.24, 2.45) is 0 Å². The zero-order chi connectivity index (χ0) is 29.0. The minimum absolute atomic E-state index is 0.659. The fraction of sp³-hybridized carbons (Fsp3) is 0. The van der Waals surface area contributed by atoms with Crippen molar-refractivity contribution in [2.45, 2.75) is 0 Å². The highest BCUT2D eigenvalue weighted by Crippen LogP contribution is 2.37. The summed E-state index contributed by atoms with van der Waals surface area (Å²) in [5.41, 5.74) is 8.43. The quantitative estimate of drug-likeness (QED) is 0.214. The van der Waals surface area contributed by atoms with Gasteiger partial charge in [0.25, 0.3) is 0 Å². The summed E-state index contributed by atoms with van der Waals surface area (Å²) in [6, 6.07) is 53.3. The maximum absolute atomic E-state index is 5.19. The van der Waals surface area contributed by atoms with E-state index in [1.807, 2.05) is 12.1 Å². The van der Waals surface area contributed by atoms with Crippen molar-refractivity contribution in [1.82, 2.24) is 19.1 Å². The van der Waals surface area contributed by atoms with E-state index in [-0.39, 0.29) is 0 Å². The minimum atomic E-state index is 0.659. The van der Waals surface area contributed by atoms with E-state index in [1.165, 1.54) is 32.4 Å². The molecule has 0 aliphatic heterocycles. The first-order chi connectivity index (χ1) is 21.8. The van der Waals surface area contributed by atoms with Crippen LogP contribution in [0.15, 0.2) is 158 Å². The molecule has 3 aromatic heterocycles. The molecule has 0 spiro atoms. The van der Waals surface area contributed by atoms with Crippen LogP contribution in [0.3, 0.4) is 0 Å².